The largest absolute Gasteiger partial charge is 0.359 e. The van der Waals surface area contributed by atoms with Crippen LogP contribution >= 0.6 is 11.9 Å². The number of amidine groups is 1. The van der Waals surface area contributed by atoms with Crippen LogP contribution in [0.15, 0.2) is 41.6 Å². The number of hydrogen-bond acceptors (Lipinski definition) is 6. The highest BCUT2D eigenvalue weighted by molar-refractivity contribution is 7.97. The third-order valence-electron chi connectivity index (χ3n) is 4.98. The lowest BCUT2D eigenvalue weighted by molar-refractivity contribution is 0.371. The van der Waals surface area contributed by atoms with E-state index in [0.29, 0.717) is 24.0 Å². The molecule has 154 valence electrons. The Kier molecular flexibility index (Phi) is 6.97. The Balaban J connectivity index is 1.82. The van der Waals surface area contributed by atoms with Crippen LogP contribution in [0.5, 0.6) is 0 Å². The molecule has 2 N–H and O–H groups in total. The van der Waals surface area contributed by atoms with E-state index in [1.165, 1.54) is 6.07 Å². The van der Waals surface area contributed by atoms with Gasteiger partial charge in [0, 0.05) is 19.3 Å². The number of nitrogens with zero attached hydrogens (tertiary/aromatic N) is 4. The molecule has 1 atom stereocenters. The first-order valence-electron chi connectivity index (χ1n) is 9.75. The fourth-order valence-electron chi connectivity index (χ4n) is 3.53. The molecule has 8 heteroatoms. The molecule has 1 aliphatic heterocycles. The van der Waals surface area contributed by atoms with Crippen molar-refractivity contribution in [2.45, 2.75) is 33.2 Å². The zero-order valence-corrected chi connectivity index (χ0v) is 17.8. The molecule has 3 rings (SSSR count). The van der Waals surface area contributed by atoms with Crippen LogP contribution in [0.3, 0.4) is 0 Å². The van der Waals surface area contributed by atoms with Crippen molar-refractivity contribution in [2.75, 3.05) is 23.9 Å². The van der Waals surface area contributed by atoms with E-state index in [9.17, 15) is 4.39 Å². The number of halogens is 1. The molecule has 0 spiro atoms. The molecule has 0 bridgehead atoms. The van der Waals surface area contributed by atoms with Gasteiger partial charge >= 0.3 is 0 Å². The summed E-state index contributed by atoms with van der Waals surface area (Å²) in [4.78, 5) is 6.53. The van der Waals surface area contributed by atoms with Gasteiger partial charge in [-0.05, 0) is 49.1 Å². The lowest BCUT2D eigenvalue weighted by atomic mass is 9.99. The average Bonchev–Trinajstić information content (AvgIpc) is 2.72. The Labute approximate surface area is 175 Å². The van der Waals surface area contributed by atoms with Gasteiger partial charge in [-0.3, -0.25) is 10.4 Å². The van der Waals surface area contributed by atoms with E-state index in [2.05, 4.69) is 40.1 Å². The van der Waals surface area contributed by atoms with Crippen LogP contribution in [0.2, 0.25) is 0 Å². The van der Waals surface area contributed by atoms with Gasteiger partial charge in [-0.15, -0.1) is 5.11 Å². The normalized spacial score (nSPS) is 16.1. The summed E-state index contributed by atoms with van der Waals surface area (Å²) in [6.45, 7) is 7.81. The van der Waals surface area contributed by atoms with E-state index in [0.717, 1.165) is 24.2 Å². The van der Waals surface area contributed by atoms with Gasteiger partial charge in [-0.1, -0.05) is 31.9 Å². The lowest BCUT2D eigenvalue weighted by Crippen LogP contribution is -2.40. The van der Waals surface area contributed by atoms with Gasteiger partial charge in [0.05, 0.1) is 28.9 Å². The van der Waals surface area contributed by atoms with Gasteiger partial charge in [0.2, 0.25) is 0 Å². The van der Waals surface area contributed by atoms with Crippen molar-refractivity contribution in [2.24, 2.45) is 11.0 Å². The van der Waals surface area contributed by atoms with E-state index in [4.69, 9.17) is 10.9 Å². The lowest BCUT2D eigenvalue weighted by Gasteiger charge is -2.38. The van der Waals surface area contributed by atoms with E-state index in [1.54, 1.807) is 18.1 Å². The Morgan fingerprint density at radius 2 is 2.07 bits per heavy atom. The van der Waals surface area contributed by atoms with Gasteiger partial charge in [0.25, 0.3) is 0 Å². The number of hydrogen-bond donors (Lipinski definition) is 2. The van der Waals surface area contributed by atoms with Crippen LogP contribution in [-0.4, -0.2) is 34.1 Å². The van der Waals surface area contributed by atoms with Gasteiger partial charge in [0.15, 0.2) is 5.84 Å². The van der Waals surface area contributed by atoms with Crippen LogP contribution < -0.4 is 4.90 Å². The summed E-state index contributed by atoms with van der Waals surface area (Å²) in [5.74, 6) is 0.218. The predicted molar refractivity (Wildman–Crippen MR) is 116 cm³/mol. The van der Waals surface area contributed by atoms with Crippen LogP contribution in [0, 0.1) is 22.7 Å². The maximum Gasteiger partial charge on any atom is 0.178 e. The van der Waals surface area contributed by atoms with Crippen molar-refractivity contribution in [1.82, 2.24) is 9.29 Å². The molecule has 1 aliphatic rings. The molecule has 1 unspecified atom stereocenters. The minimum atomic E-state index is -0.478. The van der Waals surface area contributed by atoms with Crippen molar-refractivity contribution in [3.63, 3.8) is 0 Å². The SMILES string of the molecule is CC(C)Cc1cc(F)c(C(=N)N=N)c(N2CCN(C(C)c3ccccn3)SC2)c1. The second-order valence-electron chi connectivity index (χ2n) is 7.62. The molecule has 6 nitrogen and oxygen atoms in total. The minimum Gasteiger partial charge on any atom is -0.359 e. The summed E-state index contributed by atoms with van der Waals surface area (Å²) in [5, 5.41) is 11.2. The van der Waals surface area contributed by atoms with Crippen LogP contribution in [0.25, 0.3) is 0 Å². The number of pyridine rings is 1. The highest BCUT2D eigenvalue weighted by Crippen LogP contribution is 2.34. The fourth-order valence-corrected chi connectivity index (χ4v) is 4.63. The van der Waals surface area contributed by atoms with Gasteiger partial charge in [-0.2, -0.15) is 0 Å². The topological polar surface area (TPSA) is 79.4 Å². The molecular formula is C21H27FN6S. The van der Waals surface area contributed by atoms with E-state index >= 15 is 0 Å². The molecule has 0 radical (unpaired) electrons. The number of nitrogens with one attached hydrogen (secondary N) is 2. The standard InChI is InChI=1S/C21H27FN6S/c1-14(2)10-16-11-17(22)20(21(23)26-24)19(12-16)27-8-9-28(29-13-27)15(3)18-6-4-5-7-25-18/h4-7,11-12,14-15,23-24H,8-10,13H2,1-3H3. The molecule has 1 aromatic carbocycles. The van der Waals surface area contributed by atoms with Crippen molar-refractivity contribution in [3.05, 3.63) is 59.2 Å². The summed E-state index contributed by atoms with van der Waals surface area (Å²) in [6, 6.07) is 9.53. The van der Waals surface area contributed by atoms with E-state index in [-0.39, 0.29) is 17.4 Å². The third-order valence-corrected chi connectivity index (χ3v) is 6.24. The molecule has 0 aliphatic carbocycles. The number of rotatable bonds is 6. The molecule has 29 heavy (non-hydrogen) atoms. The van der Waals surface area contributed by atoms with E-state index < -0.39 is 5.82 Å². The highest BCUT2D eigenvalue weighted by atomic mass is 32.2. The summed E-state index contributed by atoms with van der Waals surface area (Å²) >= 11 is 1.67. The maximum absolute atomic E-state index is 14.8. The molecule has 0 amide bonds. The first kappa shape index (κ1) is 21.4. The molecule has 1 aromatic heterocycles. The van der Waals surface area contributed by atoms with E-state index in [1.807, 2.05) is 24.3 Å². The summed E-state index contributed by atoms with van der Waals surface area (Å²) in [6.07, 6.45) is 2.57. The van der Waals surface area contributed by atoms with Crippen LogP contribution in [-0.2, 0) is 6.42 Å². The van der Waals surface area contributed by atoms with Gasteiger partial charge in [0.1, 0.15) is 5.82 Å². The highest BCUT2D eigenvalue weighted by Gasteiger charge is 2.27. The third kappa shape index (κ3) is 5.00. The summed E-state index contributed by atoms with van der Waals surface area (Å²) in [7, 11) is 0. The van der Waals surface area contributed by atoms with Crippen LogP contribution in [0.1, 0.15) is 43.6 Å². The maximum atomic E-state index is 14.8. The summed E-state index contributed by atoms with van der Waals surface area (Å²) in [5.41, 5.74) is 9.89. The minimum absolute atomic E-state index is 0.110. The van der Waals surface area contributed by atoms with Gasteiger partial charge in [-0.25, -0.2) is 14.2 Å². The summed E-state index contributed by atoms with van der Waals surface area (Å²) < 4.78 is 17.1. The average molecular weight is 415 g/mol. The smallest absolute Gasteiger partial charge is 0.178 e. The first-order valence-corrected chi connectivity index (χ1v) is 10.7. The molecule has 0 saturated carbocycles. The molecule has 1 fully saturated rings. The molecule has 2 aromatic rings. The second kappa shape index (κ2) is 9.45. The molecular weight excluding hydrogens is 387 g/mol. The zero-order valence-electron chi connectivity index (χ0n) is 17.0. The Bertz CT molecular complexity index is 865. The quantitative estimate of drug-likeness (QED) is 0.292. The number of anilines is 1. The number of aromatic nitrogens is 1. The van der Waals surface area contributed by atoms with Crippen molar-refractivity contribution >= 4 is 23.5 Å². The fraction of sp³-hybridized carbons (Fsp3) is 0.429. The predicted octanol–water partition coefficient (Wildman–Crippen LogP) is 5.26. The van der Waals surface area contributed by atoms with Crippen LogP contribution in [0.4, 0.5) is 10.1 Å². The Morgan fingerprint density at radius 1 is 1.28 bits per heavy atom. The first-order chi connectivity index (χ1) is 13.9. The monoisotopic (exact) mass is 414 g/mol. The molecule has 1 saturated heterocycles. The van der Waals surface area contributed by atoms with Crippen molar-refractivity contribution < 1.29 is 4.39 Å². The number of benzene rings is 1. The molecule has 2 heterocycles. The second-order valence-corrected chi connectivity index (χ2v) is 8.61. The Hall–Kier alpha value is -2.32. The van der Waals surface area contributed by atoms with Crippen molar-refractivity contribution in [3.8, 4) is 0 Å². The zero-order chi connectivity index (χ0) is 21.0. The Morgan fingerprint density at radius 3 is 2.66 bits per heavy atom. The van der Waals surface area contributed by atoms with Gasteiger partial charge < -0.3 is 4.90 Å². The van der Waals surface area contributed by atoms with Crippen molar-refractivity contribution in [1.29, 1.82) is 10.9 Å².